The van der Waals surface area contributed by atoms with Gasteiger partial charge in [-0.2, -0.15) is 0 Å². The van der Waals surface area contributed by atoms with Crippen molar-refractivity contribution >= 4 is 57.6 Å². The number of carbonyl (C=O) groups excluding carboxylic acids is 1. The second kappa shape index (κ2) is 6.27. The van der Waals surface area contributed by atoms with Gasteiger partial charge in [-0.1, -0.05) is 48.7 Å². The third-order valence-electron chi connectivity index (χ3n) is 6.60. The second-order valence-corrected chi connectivity index (χ2v) is 9.50. The highest BCUT2D eigenvalue weighted by molar-refractivity contribution is 6.42. The van der Waals surface area contributed by atoms with E-state index in [1.165, 1.54) is 6.20 Å². The van der Waals surface area contributed by atoms with Gasteiger partial charge in [-0.15, -0.1) is 0 Å². The number of nitrogens with zero attached hydrogens (tertiary/aromatic N) is 3. The number of benzene rings is 1. The Kier molecular flexibility index (Phi) is 4.12. The number of fused-ring (bicyclic) bond motifs is 6. The number of hydrogen-bond acceptors (Lipinski definition) is 4. The van der Waals surface area contributed by atoms with E-state index in [0.717, 1.165) is 17.8 Å². The molecule has 2 unspecified atom stereocenters. The molecule has 5 rings (SSSR count). The summed E-state index contributed by atoms with van der Waals surface area (Å²) in [4.78, 5) is 27.6. The smallest absolute Gasteiger partial charge is 0.238 e. The van der Waals surface area contributed by atoms with E-state index in [-0.39, 0.29) is 17.2 Å². The summed E-state index contributed by atoms with van der Waals surface area (Å²) in [6.45, 7) is 4.24. The molecule has 148 valence electrons. The van der Waals surface area contributed by atoms with Crippen LogP contribution in [0.2, 0.25) is 15.1 Å². The van der Waals surface area contributed by atoms with Crippen molar-refractivity contribution in [2.75, 3.05) is 5.32 Å². The van der Waals surface area contributed by atoms with Gasteiger partial charge in [0.1, 0.15) is 5.82 Å². The molecule has 5 nitrogen and oxygen atoms in total. The van der Waals surface area contributed by atoms with Gasteiger partial charge in [0.15, 0.2) is 0 Å². The molecule has 0 saturated heterocycles. The Morgan fingerprint density at radius 3 is 2.45 bits per heavy atom. The van der Waals surface area contributed by atoms with Crippen LogP contribution >= 0.6 is 34.8 Å². The SMILES string of the molecule is CC1(C)C2CCC1(C(=O)Nc1ccc(Cl)cn1)c1nc3cc(Cl)c(Cl)cc3nc12. The minimum absolute atomic E-state index is 0.118. The van der Waals surface area contributed by atoms with Crippen LogP contribution < -0.4 is 5.32 Å². The standard InChI is InChI=1S/C21H17Cl3N4O/c1-20(2)11-5-6-21(20,19(29)28-16-4-3-10(22)9-25-16)18-17(11)26-14-7-12(23)13(24)8-15(14)27-18/h3-4,7-9,11H,5-6H2,1-2H3,(H,25,28,29). The van der Waals surface area contributed by atoms with Gasteiger partial charge in [0.05, 0.1) is 42.9 Å². The Morgan fingerprint density at radius 2 is 1.79 bits per heavy atom. The molecule has 3 aromatic rings. The Morgan fingerprint density at radius 1 is 1.10 bits per heavy atom. The number of carbonyl (C=O) groups is 1. The molecule has 1 saturated carbocycles. The van der Waals surface area contributed by atoms with Crippen molar-refractivity contribution in [1.82, 2.24) is 15.0 Å². The van der Waals surface area contributed by atoms with E-state index in [1.54, 1.807) is 24.3 Å². The molecule has 2 aliphatic carbocycles. The maximum absolute atomic E-state index is 13.6. The number of rotatable bonds is 2. The summed E-state index contributed by atoms with van der Waals surface area (Å²) in [5.74, 6) is 0.491. The molecule has 29 heavy (non-hydrogen) atoms. The molecule has 2 heterocycles. The van der Waals surface area contributed by atoms with Gasteiger partial charge in [-0.3, -0.25) is 4.79 Å². The maximum atomic E-state index is 13.6. The van der Waals surface area contributed by atoms with E-state index in [1.807, 2.05) is 0 Å². The van der Waals surface area contributed by atoms with Crippen molar-refractivity contribution in [3.63, 3.8) is 0 Å². The Balaban J connectivity index is 1.66. The number of aromatic nitrogens is 3. The van der Waals surface area contributed by atoms with E-state index in [4.69, 9.17) is 44.8 Å². The van der Waals surface area contributed by atoms with E-state index >= 15 is 0 Å². The second-order valence-electron chi connectivity index (χ2n) is 8.25. The van der Waals surface area contributed by atoms with Gasteiger partial charge in [-0.25, -0.2) is 15.0 Å². The molecular formula is C21H17Cl3N4O. The van der Waals surface area contributed by atoms with Crippen molar-refractivity contribution in [1.29, 1.82) is 0 Å². The number of amides is 1. The zero-order valence-corrected chi connectivity index (χ0v) is 18.0. The molecule has 0 spiro atoms. The fourth-order valence-electron chi connectivity index (χ4n) is 5.05. The molecule has 1 fully saturated rings. The van der Waals surface area contributed by atoms with Crippen molar-refractivity contribution in [3.05, 3.63) is 56.9 Å². The maximum Gasteiger partial charge on any atom is 0.238 e. The Hall–Kier alpha value is -1.95. The number of pyridine rings is 1. The highest BCUT2D eigenvalue weighted by atomic mass is 35.5. The predicted molar refractivity (Wildman–Crippen MR) is 115 cm³/mol. The molecule has 2 aromatic heterocycles. The molecular weight excluding hydrogens is 431 g/mol. The number of hydrogen-bond donors (Lipinski definition) is 1. The van der Waals surface area contributed by atoms with Gasteiger partial charge < -0.3 is 5.32 Å². The minimum atomic E-state index is -0.790. The largest absolute Gasteiger partial charge is 0.310 e. The summed E-state index contributed by atoms with van der Waals surface area (Å²) in [6.07, 6.45) is 3.10. The van der Waals surface area contributed by atoms with Crippen LogP contribution in [0.4, 0.5) is 5.82 Å². The summed E-state index contributed by atoms with van der Waals surface area (Å²) in [7, 11) is 0. The van der Waals surface area contributed by atoms with Crippen molar-refractivity contribution in [2.45, 2.75) is 38.0 Å². The third kappa shape index (κ3) is 2.54. The number of halogens is 3. The molecule has 0 aliphatic heterocycles. The molecule has 2 bridgehead atoms. The first-order chi connectivity index (χ1) is 13.7. The van der Waals surface area contributed by atoms with Crippen LogP contribution in [0, 0.1) is 5.41 Å². The molecule has 0 radical (unpaired) electrons. The summed E-state index contributed by atoms with van der Waals surface area (Å²) < 4.78 is 0. The van der Waals surface area contributed by atoms with E-state index in [9.17, 15) is 4.79 Å². The predicted octanol–water partition coefficient (Wildman–Crippen LogP) is 5.78. The Labute approximate surface area is 182 Å². The fourth-order valence-corrected chi connectivity index (χ4v) is 5.48. The third-order valence-corrected chi connectivity index (χ3v) is 7.55. The lowest BCUT2D eigenvalue weighted by molar-refractivity contribution is -0.124. The van der Waals surface area contributed by atoms with Crippen LogP contribution in [0.25, 0.3) is 11.0 Å². The van der Waals surface area contributed by atoms with Crippen LogP contribution in [0.15, 0.2) is 30.5 Å². The average Bonchev–Trinajstić information content (AvgIpc) is 3.05. The van der Waals surface area contributed by atoms with Crippen LogP contribution in [0.3, 0.4) is 0 Å². The zero-order valence-electron chi connectivity index (χ0n) is 15.8. The van der Waals surface area contributed by atoms with E-state index < -0.39 is 5.41 Å². The lowest BCUT2D eigenvalue weighted by Crippen LogP contribution is -2.46. The number of anilines is 1. The normalized spacial score (nSPS) is 24.0. The fraction of sp³-hybridized carbons (Fsp3) is 0.333. The molecule has 1 N–H and O–H groups in total. The Bertz CT molecular complexity index is 1180. The van der Waals surface area contributed by atoms with E-state index in [2.05, 4.69) is 24.1 Å². The van der Waals surface area contributed by atoms with Crippen LogP contribution in [-0.4, -0.2) is 20.9 Å². The molecule has 2 atom stereocenters. The summed E-state index contributed by atoms with van der Waals surface area (Å²) in [5.41, 5.74) is 1.82. The van der Waals surface area contributed by atoms with Crippen molar-refractivity contribution in [3.8, 4) is 0 Å². The summed E-state index contributed by atoms with van der Waals surface area (Å²) in [6, 6.07) is 6.83. The topological polar surface area (TPSA) is 67.8 Å². The van der Waals surface area contributed by atoms with E-state index in [0.29, 0.717) is 38.3 Å². The molecule has 8 heteroatoms. The highest BCUT2D eigenvalue weighted by Crippen LogP contribution is 2.67. The first-order valence-corrected chi connectivity index (χ1v) is 10.5. The van der Waals surface area contributed by atoms with Gasteiger partial charge >= 0.3 is 0 Å². The first kappa shape index (κ1) is 19.0. The quantitative estimate of drug-likeness (QED) is 0.541. The lowest BCUT2D eigenvalue weighted by Gasteiger charge is -2.36. The lowest BCUT2D eigenvalue weighted by atomic mass is 9.67. The van der Waals surface area contributed by atoms with Crippen LogP contribution in [-0.2, 0) is 10.2 Å². The van der Waals surface area contributed by atoms with Crippen LogP contribution in [0.1, 0.15) is 44.0 Å². The number of nitrogens with one attached hydrogen (secondary N) is 1. The molecule has 2 aliphatic rings. The zero-order chi connectivity index (χ0) is 20.6. The van der Waals surface area contributed by atoms with Gasteiger partial charge in [-0.05, 0) is 42.5 Å². The first-order valence-electron chi connectivity index (χ1n) is 9.34. The molecule has 1 aromatic carbocycles. The molecule has 1 amide bonds. The van der Waals surface area contributed by atoms with Gasteiger partial charge in [0.25, 0.3) is 0 Å². The van der Waals surface area contributed by atoms with Crippen molar-refractivity contribution < 1.29 is 4.79 Å². The van der Waals surface area contributed by atoms with Crippen molar-refractivity contribution in [2.24, 2.45) is 5.41 Å². The summed E-state index contributed by atoms with van der Waals surface area (Å²) >= 11 is 18.3. The van der Waals surface area contributed by atoms with Gasteiger partial charge in [0.2, 0.25) is 5.91 Å². The minimum Gasteiger partial charge on any atom is -0.310 e. The average molecular weight is 448 g/mol. The van der Waals surface area contributed by atoms with Gasteiger partial charge in [0, 0.05) is 12.1 Å². The monoisotopic (exact) mass is 446 g/mol. The summed E-state index contributed by atoms with van der Waals surface area (Å²) in [5, 5.41) is 4.34. The highest BCUT2D eigenvalue weighted by Gasteiger charge is 2.67. The van der Waals surface area contributed by atoms with Crippen LogP contribution in [0.5, 0.6) is 0 Å².